The molecule has 0 saturated carbocycles. The molecular weight excluding hydrogens is 208 g/mol. The Morgan fingerprint density at radius 3 is 3.12 bits per heavy atom. The lowest BCUT2D eigenvalue weighted by atomic mass is 10.2. The Morgan fingerprint density at radius 1 is 1.69 bits per heavy atom. The number of aromatic carboxylic acids is 1. The maximum Gasteiger partial charge on any atom is 0.339 e. The fourth-order valence-corrected chi connectivity index (χ4v) is 1.82. The Labute approximate surface area is 93.7 Å². The van der Waals surface area contributed by atoms with Gasteiger partial charge in [-0.05, 0) is 19.5 Å². The minimum Gasteiger partial charge on any atom is -0.487 e. The number of pyridine rings is 1. The molecule has 0 aliphatic carbocycles. The van der Waals surface area contributed by atoms with Gasteiger partial charge < -0.3 is 14.7 Å². The summed E-state index contributed by atoms with van der Waals surface area (Å²) in [6, 6.07) is 1.45. The van der Waals surface area contributed by atoms with Crippen LogP contribution in [0.3, 0.4) is 0 Å². The molecule has 5 nitrogen and oxygen atoms in total. The van der Waals surface area contributed by atoms with Gasteiger partial charge in [-0.3, -0.25) is 4.98 Å². The van der Waals surface area contributed by atoms with Crippen molar-refractivity contribution < 1.29 is 14.6 Å². The maximum absolute atomic E-state index is 10.9. The summed E-state index contributed by atoms with van der Waals surface area (Å²) in [6.45, 7) is 1.81. The van der Waals surface area contributed by atoms with Gasteiger partial charge in [0.2, 0.25) is 0 Å². The zero-order valence-electron chi connectivity index (χ0n) is 9.09. The van der Waals surface area contributed by atoms with Crippen molar-refractivity contribution in [3.63, 3.8) is 0 Å². The van der Waals surface area contributed by atoms with Crippen molar-refractivity contribution in [1.82, 2.24) is 9.88 Å². The van der Waals surface area contributed by atoms with Gasteiger partial charge in [-0.2, -0.15) is 0 Å². The summed E-state index contributed by atoms with van der Waals surface area (Å²) >= 11 is 0. The molecule has 16 heavy (non-hydrogen) atoms. The molecule has 0 amide bonds. The molecule has 0 aromatic carbocycles. The van der Waals surface area contributed by atoms with Crippen LogP contribution >= 0.6 is 0 Å². The summed E-state index contributed by atoms with van der Waals surface area (Å²) in [5.41, 5.74) is 0.171. The standard InChI is InChI=1S/C11H14N2O3/c1-13-5-3-8(7-13)16-10-6-12-4-2-9(10)11(14)15/h2,4,6,8H,3,5,7H2,1H3,(H,14,15). The van der Waals surface area contributed by atoms with Crippen molar-refractivity contribution in [2.45, 2.75) is 12.5 Å². The predicted octanol–water partition coefficient (Wildman–Crippen LogP) is 0.863. The minimum absolute atomic E-state index is 0.0623. The number of aromatic nitrogens is 1. The first-order valence-corrected chi connectivity index (χ1v) is 5.19. The second-order valence-electron chi connectivity index (χ2n) is 3.97. The number of hydrogen-bond donors (Lipinski definition) is 1. The van der Waals surface area contributed by atoms with Gasteiger partial charge in [-0.15, -0.1) is 0 Å². The van der Waals surface area contributed by atoms with Crippen LogP contribution in [-0.2, 0) is 0 Å². The quantitative estimate of drug-likeness (QED) is 0.822. The van der Waals surface area contributed by atoms with E-state index >= 15 is 0 Å². The highest BCUT2D eigenvalue weighted by atomic mass is 16.5. The molecule has 5 heteroatoms. The molecule has 86 valence electrons. The topological polar surface area (TPSA) is 62.7 Å². The van der Waals surface area contributed by atoms with Crippen LogP contribution in [0.15, 0.2) is 18.5 Å². The van der Waals surface area contributed by atoms with Gasteiger partial charge in [0.05, 0.1) is 6.20 Å². The highest BCUT2D eigenvalue weighted by molar-refractivity contribution is 5.90. The number of hydrogen-bond acceptors (Lipinski definition) is 4. The third-order valence-electron chi connectivity index (χ3n) is 2.66. The van der Waals surface area contributed by atoms with Crippen molar-refractivity contribution in [2.24, 2.45) is 0 Å². The van der Waals surface area contributed by atoms with Gasteiger partial charge in [0.25, 0.3) is 0 Å². The van der Waals surface area contributed by atoms with E-state index in [1.54, 1.807) is 0 Å². The molecule has 1 aromatic heterocycles. The molecule has 1 N–H and O–H groups in total. The van der Waals surface area contributed by atoms with Crippen LogP contribution in [0.2, 0.25) is 0 Å². The summed E-state index contributed by atoms with van der Waals surface area (Å²) < 4.78 is 5.65. The van der Waals surface area contributed by atoms with Crippen LogP contribution in [-0.4, -0.2) is 47.2 Å². The lowest BCUT2D eigenvalue weighted by Crippen LogP contribution is -2.22. The van der Waals surface area contributed by atoms with Crippen molar-refractivity contribution in [2.75, 3.05) is 20.1 Å². The van der Waals surface area contributed by atoms with Crippen LogP contribution in [0, 0.1) is 0 Å². The number of rotatable bonds is 3. The summed E-state index contributed by atoms with van der Waals surface area (Å²) in [6.07, 6.45) is 3.90. The van der Waals surface area contributed by atoms with E-state index < -0.39 is 5.97 Å². The van der Waals surface area contributed by atoms with Crippen LogP contribution < -0.4 is 4.74 Å². The van der Waals surface area contributed by atoms with E-state index in [0.717, 1.165) is 19.5 Å². The van der Waals surface area contributed by atoms with E-state index in [9.17, 15) is 4.79 Å². The zero-order chi connectivity index (χ0) is 11.5. The minimum atomic E-state index is -0.983. The number of carboxylic acid groups (broad SMARTS) is 1. The van der Waals surface area contributed by atoms with E-state index in [1.807, 2.05) is 7.05 Å². The molecule has 1 atom stereocenters. The Bertz CT molecular complexity index is 395. The number of ether oxygens (including phenoxy) is 1. The Balaban J connectivity index is 2.12. The maximum atomic E-state index is 10.9. The van der Waals surface area contributed by atoms with Crippen LogP contribution in [0.1, 0.15) is 16.8 Å². The normalized spacial score (nSPS) is 20.9. The molecule has 1 unspecified atom stereocenters. The molecule has 1 aromatic rings. The highest BCUT2D eigenvalue weighted by Crippen LogP contribution is 2.21. The number of nitrogens with zero attached hydrogens (tertiary/aromatic N) is 2. The Kier molecular flexibility index (Phi) is 3.05. The average Bonchev–Trinajstić information content (AvgIpc) is 2.64. The van der Waals surface area contributed by atoms with Gasteiger partial charge in [-0.1, -0.05) is 0 Å². The monoisotopic (exact) mass is 222 g/mol. The molecule has 1 saturated heterocycles. The summed E-state index contributed by atoms with van der Waals surface area (Å²) in [4.78, 5) is 17.0. The lowest BCUT2D eigenvalue weighted by molar-refractivity contribution is 0.0689. The number of carbonyl (C=O) groups is 1. The predicted molar refractivity (Wildman–Crippen MR) is 57.7 cm³/mol. The lowest BCUT2D eigenvalue weighted by Gasteiger charge is -2.14. The Hall–Kier alpha value is -1.62. The number of likely N-dealkylation sites (N-methyl/N-ethyl adjacent to an activating group) is 1. The molecule has 1 aliphatic heterocycles. The molecule has 0 radical (unpaired) electrons. The molecular formula is C11H14N2O3. The molecule has 2 heterocycles. The fourth-order valence-electron chi connectivity index (χ4n) is 1.82. The van der Waals surface area contributed by atoms with Gasteiger partial charge in [0, 0.05) is 19.3 Å². The first-order valence-electron chi connectivity index (χ1n) is 5.19. The third kappa shape index (κ3) is 2.30. The molecule has 1 aliphatic rings. The number of likely N-dealkylation sites (tertiary alicyclic amines) is 1. The number of carboxylic acids is 1. The summed E-state index contributed by atoms with van der Waals surface area (Å²) in [5, 5.41) is 8.97. The highest BCUT2D eigenvalue weighted by Gasteiger charge is 2.22. The van der Waals surface area contributed by atoms with E-state index in [2.05, 4.69) is 9.88 Å². The first kappa shape index (κ1) is 10.9. The zero-order valence-corrected chi connectivity index (χ0v) is 9.09. The largest absolute Gasteiger partial charge is 0.487 e. The van der Waals surface area contributed by atoms with Crippen LogP contribution in [0.25, 0.3) is 0 Å². The SMILES string of the molecule is CN1CCC(Oc2cnccc2C(=O)O)C1. The summed E-state index contributed by atoms with van der Waals surface area (Å²) in [7, 11) is 2.02. The van der Waals surface area contributed by atoms with Gasteiger partial charge in [0.1, 0.15) is 11.7 Å². The smallest absolute Gasteiger partial charge is 0.339 e. The van der Waals surface area contributed by atoms with Crippen molar-refractivity contribution >= 4 is 5.97 Å². The van der Waals surface area contributed by atoms with Crippen molar-refractivity contribution in [3.05, 3.63) is 24.0 Å². The van der Waals surface area contributed by atoms with Gasteiger partial charge in [-0.25, -0.2) is 4.79 Å². The fraction of sp³-hybridized carbons (Fsp3) is 0.455. The molecule has 0 spiro atoms. The van der Waals surface area contributed by atoms with Gasteiger partial charge >= 0.3 is 5.97 Å². The van der Waals surface area contributed by atoms with Crippen molar-refractivity contribution in [1.29, 1.82) is 0 Å². The summed E-state index contributed by atoms with van der Waals surface area (Å²) in [5.74, 6) is -0.626. The van der Waals surface area contributed by atoms with E-state index in [-0.39, 0.29) is 11.7 Å². The Morgan fingerprint density at radius 2 is 2.50 bits per heavy atom. The van der Waals surface area contributed by atoms with Crippen LogP contribution in [0.4, 0.5) is 0 Å². The van der Waals surface area contributed by atoms with E-state index in [0.29, 0.717) is 5.75 Å². The van der Waals surface area contributed by atoms with E-state index in [1.165, 1.54) is 18.5 Å². The molecule has 2 rings (SSSR count). The first-order chi connectivity index (χ1) is 7.66. The second kappa shape index (κ2) is 4.49. The van der Waals surface area contributed by atoms with Gasteiger partial charge in [0.15, 0.2) is 5.75 Å². The molecule has 1 fully saturated rings. The molecule has 0 bridgehead atoms. The van der Waals surface area contributed by atoms with E-state index in [4.69, 9.17) is 9.84 Å². The second-order valence-corrected chi connectivity index (χ2v) is 3.97. The van der Waals surface area contributed by atoms with Crippen molar-refractivity contribution in [3.8, 4) is 5.75 Å². The third-order valence-corrected chi connectivity index (χ3v) is 2.66. The average molecular weight is 222 g/mol. The van der Waals surface area contributed by atoms with Crippen LogP contribution in [0.5, 0.6) is 5.75 Å².